The molecule has 0 saturated carbocycles. The topological polar surface area (TPSA) is 59.1 Å². The number of nitrogens with zero attached hydrogens (tertiary/aromatic N) is 2. The predicted octanol–water partition coefficient (Wildman–Crippen LogP) is 4.24. The number of hydrogen-bond donors (Lipinski definition) is 0. The maximum absolute atomic E-state index is 13.3. The summed E-state index contributed by atoms with van der Waals surface area (Å²) in [7, 11) is 3.39. The van der Waals surface area contributed by atoms with E-state index in [1.807, 2.05) is 71.6 Å². The number of ether oxygens (including phenoxy) is 2. The highest BCUT2D eigenvalue weighted by atomic mass is 16.5. The van der Waals surface area contributed by atoms with Crippen LogP contribution in [0.5, 0.6) is 11.5 Å². The van der Waals surface area contributed by atoms with Crippen LogP contribution in [0.3, 0.4) is 0 Å². The van der Waals surface area contributed by atoms with Gasteiger partial charge in [0.2, 0.25) is 5.91 Å². The van der Waals surface area contributed by atoms with Gasteiger partial charge in [-0.15, -0.1) is 0 Å². The van der Waals surface area contributed by atoms with E-state index in [0.29, 0.717) is 43.3 Å². The zero-order valence-electron chi connectivity index (χ0n) is 19.2. The standard InChI is InChI=1S/C27H30N2O4/c1-28(17-18-33-25-15-6-5-14-24(25)32-2)26(30)21-11-8-16-29(19-21)27(31)23-13-7-10-20-9-3-4-12-22(20)23/h3-7,9-10,12-15,21H,8,11,16-19H2,1-2H3. The predicted molar refractivity (Wildman–Crippen MR) is 129 cm³/mol. The smallest absolute Gasteiger partial charge is 0.254 e. The number of likely N-dealkylation sites (N-methyl/N-ethyl adjacent to an activating group) is 1. The quantitative estimate of drug-likeness (QED) is 0.545. The Morgan fingerprint density at radius 2 is 1.73 bits per heavy atom. The van der Waals surface area contributed by atoms with Crippen molar-refractivity contribution in [1.82, 2.24) is 9.80 Å². The van der Waals surface area contributed by atoms with E-state index >= 15 is 0 Å². The van der Waals surface area contributed by atoms with E-state index in [2.05, 4.69) is 0 Å². The summed E-state index contributed by atoms with van der Waals surface area (Å²) < 4.78 is 11.1. The number of benzene rings is 3. The second-order valence-electron chi connectivity index (χ2n) is 8.38. The Kier molecular flexibility index (Phi) is 7.13. The lowest BCUT2D eigenvalue weighted by molar-refractivity contribution is -0.135. The average Bonchev–Trinajstić information content (AvgIpc) is 2.87. The van der Waals surface area contributed by atoms with Gasteiger partial charge in [0.05, 0.1) is 19.6 Å². The minimum absolute atomic E-state index is 0.00791. The maximum Gasteiger partial charge on any atom is 0.254 e. The third-order valence-corrected chi connectivity index (χ3v) is 6.21. The number of fused-ring (bicyclic) bond motifs is 1. The molecule has 0 aliphatic carbocycles. The summed E-state index contributed by atoms with van der Waals surface area (Å²) in [6.45, 7) is 1.95. The van der Waals surface area contributed by atoms with Gasteiger partial charge in [0.25, 0.3) is 5.91 Å². The van der Waals surface area contributed by atoms with Crippen LogP contribution in [0.1, 0.15) is 23.2 Å². The number of piperidine rings is 1. The van der Waals surface area contributed by atoms with Gasteiger partial charge in [0.15, 0.2) is 11.5 Å². The first-order valence-electron chi connectivity index (χ1n) is 11.4. The molecule has 1 unspecified atom stereocenters. The lowest BCUT2D eigenvalue weighted by Crippen LogP contribution is -2.46. The molecule has 0 N–H and O–H groups in total. The summed E-state index contributed by atoms with van der Waals surface area (Å²) in [6, 6.07) is 21.2. The fourth-order valence-corrected chi connectivity index (χ4v) is 4.40. The Balaban J connectivity index is 1.36. The summed E-state index contributed by atoms with van der Waals surface area (Å²) >= 11 is 0. The monoisotopic (exact) mass is 446 g/mol. The molecule has 1 saturated heterocycles. The first-order chi connectivity index (χ1) is 16.1. The number of para-hydroxylation sites is 2. The molecule has 1 atom stereocenters. The third-order valence-electron chi connectivity index (χ3n) is 6.21. The minimum atomic E-state index is -0.200. The van der Waals surface area contributed by atoms with Crippen LogP contribution >= 0.6 is 0 Å². The van der Waals surface area contributed by atoms with Gasteiger partial charge in [-0.3, -0.25) is 9.59 Å². The number of amides is 2. The third kappa shape index (κ3) is 5.11. The fraction of sp³-hybridized carbons (Fsp3) is 0.333. The number of rotatable bonds is 7. The first-order valence-corrected chi connectivity index (χ1v) is 11.4. The van der Waals surface area contributed by atoms with Crippen molar-refractivity contribution in [2.24, 2.45) is 5.92 Å². The summed E-state index contributed by atoms with van der Waals surface area (Å²) in [5.74, 6) is 1.17. The molecule has 0 spiro atoms. The Bertz CT molecular complexity index is 1120. The Morgan fingerprint density at radius 1 is 1.00 bits per heavy atom. The Morgan fingerprint density at radius 3 is 2.55 bits per heavy atom. The molecule has 1 fully saturated rings. The van der Waals surface area contributed by atoms with Crippen LogP contribution in [0.2, 0.25) is 0 Å². The molecule has 0 radical (unpaired) electrons. The molecule has 1 aliphatic rings. The lowest BCUT2D eigenvalue weighted by Gasteiger charge is -2.34. The second kappa shape index (κ2) is 10.4. The number of carbonyl (C=O) groups excluding carboxylic acids is 2. The van der Waals surface area contributed by atoms with Crippen molar-refractivity contribution in [2.45, 2.75) is 12.8 Å². The van der Waals surface area contributed by atoms with Crippen molar-refractivity contribution in [3.63, 3.8) is 0 Å². The molecule has 172 valence electrons. The number of carbonyl (C=O) groups is 2. The largest absolute Gasteiger partial charge is 0.493 e. The van der Waals surface area contributed by atoms with Gasteiger partial charge in [-0.25, -0.2) is 0 Å². The molecule has 0 bridgehead atoms. The van der Waals surface area contributed by atoms with E-state index in [4.69, 9.17) is 9.47 Å². The highest BCUT2D eigenvalue weighted by molar-refractivity contribution is 6.07. The SMILES string of the molecule is COc1ccccc1OCCN(C)C(=O)C1CCCN(C(=O)c2cccc3ccccc23)C1. The normalized spacial score (nSPS) is 15.8. The zero-order chi connectivity index (χ0) is 23.2. The lowest BCUT2D eigenvalue weighted by atomic mass is 9.95. The molecular weight excluding hydrogens is 416 g/mol. The van der Waals surface area contributed by atoms with Crippen molar-refractivity contribution < 1.29 is 19.1 Å². The molecule has 3 aromatic rings. The maximum atomic E-state index is 13.3. The molecule has 6 nitrogen and oxygen atoms in total. The molecule has 1 heterocycles. The van der Waals surface area contributed by atoms with Crippen LogP contribution in [-0.2, 0) is 4.79 Å². The van der Waals surface area contributed by atoms with Crippen LogP contribution < -0.4 is 9.47 Å². The van der Waals surface area contributed by atoms with Gasteiger partial charge in [-0.05, 0) is 41.8 Å². The summed E-state index contributed by atoms with van der Waals surface area (Å²) in [5, 5.41) is 1.99. The number of methoxy groups -OCH3 is 1. The van der Waals surface area contributed by atoms with Gasteiger partial charge in [0, 0.05) is 25.7 Å². The Hall–Kier alpha value is -3.54. The van der Waals surface area contributed by atoms with E-state index in [1.165, 1.54) is 0 Å². The fourth-order valence-electron chi connectivity index (χ4n) is 4.40. The second-order valence-corrected chi connectivity index (χ2v) is 8.38. The van der Waals surface area contributed by atoms with Crippen molar-refractivity contribution in [1.29, 1.82) is 0 Å². The highest BCUT2D eigenvalue weighted by Gasteiger charge is 2.31. The van der Waals surface area contributed by atoms with Crippen LogP contribution in [-0.4, -0.2) is 62.0 Å². The van der Waals surface area contributed by atoms with Crippen LogP contribution in [0.25, 0.3) is 10.8 Å². The number of hydrogen-bond acceptors (Lipinski definition) is 4. The molecule has 4 rings (SSSR count). The molecule has 3 aromatic carbocycles. The molecule has 2 amide bonds. The minimum Gasteiger partial charge on any atom is -0.493 e. The van der Waals surface area contributed by atoms with Gasteiger partial charge >= 0.3 is 0 Å². The van der Waals surface area contributed by atoms with Crippen molar-refractivity contribution in [3.8, 4) is 11.5 Å². The van der Waals surface area contributed by atoms with E-state index in [-0.39, 0.29) is 17.7 Å². The van der Waals surface area contributed by atoms with Gasteiger partial charge < -0.3 is 19.3 Å². The molecule has 1 aliphatic heterocycles. The molecular formula is C27H30N2O4. The van der Waals surface area contributed by atoms with Gasteiger partial charge in [-0.2, -0.15) is 0 Å². The van der Waals surface area contributed by atoms with Crippen molar-refractivity contribution >= 4 is 22.6 Å². The first kappa shape index (κ1) is 22.6. The molecule has 6 heteroatoms. The summed E-state index contributed by atoms with van der Waals surface area (Å²) in [5.41, 5.74) is 0.694. The zero-order valence-corrected chi connectivity index (χ0v) is 19.2. The van der Waals surface area contributed by atoms with Crippen LogP contribution in [0.15, 0.2) is 66.7 Å². The summed E-state index contributed by atoms with van der Waals surface area (Å²) in [4.78, 5) is 29.9. The van der Waals surface area contributed by atoms with E-state index < -0.39 is 0 Å². The highest BCUT2D eigenvalue weighted by Crippen LogP contribution is 2.26. The van der Waals surface area contributed by atoms with Gasteiger partial charge in [0.1, 0.15) is 6.61 Å². The van der Waals surface area contributed by atoms with E-state index in [0.717, 1.165) is 23.6 Å². The summed E-state index contributed by atoms with van der Waals surface area (Å²) in [6.07, 6.45) is 1.61. The van der Waals surface area contributed by atoms with Crippen molar-refractivity contribution in [2.75, 3.05) is 40.4 Å². The molecule has 33 heavy (non-hydrogen) atoms. The molecule has 0 aromatic heterocycles. The Labute approximate surface area is 194 Å². The van der Waals surface area contributed by atoms with Crippen molar-refractivity contribution in [3.05, 3.63) is 72.3 Å². The van der Waals surface area contributed by atoms with Gasteiger partial charge in [-0.1, -0.05) is 48.5 Å². The van der Waals surface area contributed by atoms with E-state index in [9.17, 15) is 9.59 Å². The van der Waals surface area contributed by atoms with E-state index in [1.54, 1.807) is 19.1 Å². The average molecular weight is 447 g/mol. The number of likely N-dealkylation sites (tertiary alicyclic amines) is 1. The van der Waals surface area contributed by atoms with Crippen LogP contribution in [0, 0.1) is 5.92 Å². The van der Waals surface area contributed by atoms with Crippen LogP contribution in [0.4, 0.5) is 0 Å².